The maximum Gasteiger partial charge on any atom is 0.151 e. The highest BCUT2D eigenvalue weighted by Gasteiger charge is 1.93. The number of thioether (sulfide) groups is 1. The molecule has 0 aliphatic heterocycles. The van der Waals surface area contributed by atoms with Gasteiger partial charge >= 0.3 is 0 Å². The average Bonchev–Trinajstić information content (AvgIpc) is 2.03. The minimum absolute atomic E-state index is 0. The Morgan fingerprint density at radius 1 is 1.58 bits per heavy atom. The maximum absolute atomic E-state index is 6.96. The fourth-order valence-corrected chi connectivity index (χ4v) is 1.11. The summed E-state index contributed by atoms with van der Waals surface area (Å²) in [6, 6.07) is 5.70. The van der Waals surface area contributed by atoms with Gasteiger partial charge in [-0.15, -0.1) is 17.0 Å². The zero-order valence-corrected chi connectivity index (χ0v) is 8.89. The first-order valence-electron chi connectivity index (χ1n) is 3.16. The molecule has 0 atom stereocenters. The number of nitrogens with two attached hydrogens (primary N) is 1. The second-order valence-corrected chi connectivity index (χ2v) is 2.99. The molecule has 0 spiro atoms. The van der Waals surface area contributed by atoms with Crippen molar-refractivity contribution in [1.29, 1.82) is 5.41 Å². The standard InChI is InChI=1S/C7H9N3S.BrH/c8-7(9)11-5-6-3-1-2-4-10-6;/h1-4H,5H2,(H3,8,9);1H. The van der Waals surface area contributed by atoms with Crippen LogP contribution < -0.4 is 5.73 Å². The van der Waals surface area contributed by atoms with E-state index in [1.54, 1.807) is 6.20 Å². The van der Waals surface area contributed by atoms with Crippen LogP contribution in [0.15, 0.2) is 24.4 Å². The van der Waals surface area contributed by atoms with E-state index in [0.29, 0.717) is 5.75 Å². The first-order chi connectivity index (χ1) is 5.29. The molecule has 66 valence electrons. The lowest BCUT2D eigenvalue weighted by Gasteiger charge is -1.96. The topological polar surface area (TPSA) is 62.8 Å². The Balaban J connectivity index is 0.00000121. The van der Waals surface area contributed by atoms with Crippen molar-refractivity contribution >= 4 is 33.9 Å². The van der Waals surface area contributed by atoms with E-state index >= 15 is 0 Å². The second-order valence-electron chi connectivity index (χ2n) is 1.97. The minimum atomic E-state index is 0. The smallest absolute Gasteiger partial charge is 0.151 e. The average molecular weight is 248 g/mol. The fraction of sp³-hybridized carbons (Fsp3) is 0.143. The minimum Gasteiger partial charge on any atom is -0.379 e. The monoisotopic (exact) mass is 247 g/mol. The van der Waals surface area contributed by atoms with Crippen molar-refractivity contribution in [2.45, 2.75) is 5.75 Å². The lowest BCUT2D eigenvalue weighted by atomic mass is 10.4. The first-order valence-corrected chi connectivity index (χ1v) is 4.14. The summed E-state index contributed by atoms with van der Waals surface area (Å²) >= 11 is 1.28. The molecule has 0 aliphatic carbocycles. The van der Waals surface area contributed by atoms with E-state index in [0.717, 1.165) is 5.69 Å². The van der Waals surface area contributed by atoms with Gasteiger partial charge < -0.3 is 5.73 Å². The van der Waals surface area contributed by atoms with Gasteiger partial charge in [0, 0.05) is 11.9 Å². The molecule has 0 aliphatic rings. The van der Waals surface area contributed by atoms with Gasteiger partial charge in [-0.05, 0) is 12.1 Å². The van der Waals surface area contributed by atoms with Gasteiger partial charge in [-0.25, -0.2) is 0 Å². The zero-order valence-electron chi connectivity index (χ0n) is 6.36. The molecule has 5 heteroatoms. The summed E-state index contributed by atoms with van der Waals surface area (Å²) in [4.78, 5) is 4.08. The van der Waals surface area contributed by atoms with Crippen LogP contribution in [0.4, 0.5) is 0 Å². The number of aromatic nitrogens is 1. The van der Waals surface area contributed by atoms with Crippen molar-refractivity contribution in [1.82, 2.24) is 4.98 Å². The van der Waals surface area contributed by atoms with Crippen LogP contribution in [0, 0.1) is 5.41 Å². The van der Waals surface area contributed by atoms with Gasteiger partial charge in [0.15, 0.2) is 5.17 Å². The maximum atomic E-state index is 6.96. The van der Waals surface area contributed by atoms with Gasteiger partial charge in [0.1, 0.15) is 0 Å². The molecule has 0 fully saturated rings. The third kappa shape index (κ3) is 4.35. The van der Waals surface area contributed by atoms with Crippen LogP contribution in [0.2, 0.25) is 0 Å². The van der Waals surface area contributed by atoms with Crippen LogP contribution in [-0.4, -0.2) is 10.2 Å². The largest absolute Gasteiger partial charge is 0.379 e. The molecule has 3 N–H and O–H groups in total. The Labute approximate surface area is 86.0 Å². The number of amidine groups is 1. The van der Waals surface area contributed by atoms with Crippen LogP contribution in [0.3, 0.4) is 0 Å². The van der Waals surface area contributed by atoms with Crippen LogP contribution in [0.25, 0.3) is 0 Å². The third-order valence-corrected chi connectivity index (χ3v) is 1.85. The summed E-state index contributed by atoms with van der Waals surface area (Å²) in [5.41, 5.74) is 6.11. The summed E-state index contributed by atoms with van der Waals surface area (Å²) in [5, 5.41) is 7.09. The summed E-state index contributed by atoms with van der Waals surface area (Å²) in [7, 11) is 0. The van der Waals surface area contributed by atoms with Crippen LogP contribution in [-0.2, 0) is 5.75 Å². The Kier molecular flexibility index (Phi) is 5.74. The molecule has 12 heavy (non-hydrogen) atoms. The van der Waals surface area contributed by atoms with Gasteiger partial charge in [-0.2, -0.15) is 0 Å². The molecule has 0 saturated carbocycles. The molecule has 0 saturated heterocycles. The lowest BCUT2D eigenvalue weighted by molar-refractivity contribution is 1.18. The van der Waals surface area contributed by atoms with Crippen LogP contribution in [0.1, 0.15) is 5.69 Å². The van der Waals surface area contributed by atoms with E-state index in [2.05, 4.69) is 4.98 Å². The van der Waals surface area contributed by atoms with Crippen molar-refractivity contribution in [3.8, 4) is 0 Å². The van der Waals surface area contributed by atoms with Crippen LogP contribution >= 0.6 is 28.7 Å². The number of pyridine rings is 1. The van der Waals surface area contributed by atoms with E-state index in [4.69, 9.17) is 11.1 Å². The van der Waals surface area contributed by atoms with Gasteiger partial charge in [-0.1, -0.05) is 17.8 Å². The number of nitrogens with zero attached hydrogens (tertiary/aromatic N) is 1. The predicted octanol–water partition coefficient (Wildman–Crippen LogP) is 1.79. The molecular weight excluding hydrogens is 238 g/mol. The summed E-state index contributed by atoms with van der Waals surface area (Å²) in [5.74, 6) is 0.677. The van der Waals surface area contributed by atoms with Crippen molar-refractivity contribution in [3.05, 3.63) is 30.1 Å². The van der Waals surface area contributed by atoms with E-state index in [1.165, 1.54) is 11.8 Å². The lowest BCUT2D eigenvalue weighted by Crippen LogP contribution is -2.04. The summed E-state index contributed by atoms with van der Waals surface area (Å²) < 4.78 is 0. The quantitative estimate of drug-likeness (QED) is 0.619. The molecule has 0 aromatic carbocycles. The number of halogens is 1. The Bertz CT molecular complexity index is 240. The molecule has 0 amide bonds. The Hall–Kier alpha value is -0.550. The summed E-state index contributed by atoms with van der Waals surface area (Å²) in [6.45, 7) is 0. The zero-order chi connectivity index (χ0) is 8.10. The molecule has 1 rings (SSSR count). The molecule has 0 unspecified atom stereocenters. The normalized spacial score (nSPS) is 8.67. The molecule has 1 heterocycles. The van der Waals surface area contributed by atoms with Gasteiger partial charge in [-0.3, -0.25) is 10.4 Å². The molecule has 0 radical (unpaired) electrons. The Morgan fingerprint density at radius 3 is 2.83 bits per heavy atom. The highest BCUT2D eigenvalue weighted by molar-refractivity contribution is 8.93. The van der Waals surface area contributed by atoms with Crippen molar-refractivity contribution in [2.75, 3.05) is 0 Å². The molecular formula is C7H10BrN3S. The highest BCUT2D eigenvalue weighted by atomic mass is 79.9. The second kappa shape index (κ2) is 6.02. The van der Waals surface area contributed by atoms with E-state index in [9.17, 15) is 0 Å². The van der Waals surface area contributed by atoms with Crippen molar-refractivity contribution in [3.63, 3.8) is 0 Å². The number of rotatable bonds is 2. The number of hydrogen-bond acceptors (Lipinski definition) is 3. The van der Waals surface area contributed by atoms with E-state index in [1.807, 2.05) is 18.2 Å². The first kappa shape index (κ1) is 11.4. The van der Waals surface area contributed by atoms with Crippen molar-refractivity contribution in [2.24, 2.45) is 5.73 Å². The molecule has 3 nitrogen and oxygen atoms in total. The number of nitrogens with one attached hydrogen (secondary N) is 1. The van der Waals surface area contributed by atoms with Gasteiger partial charge in [0.05, 0.1) is 5.69 Å². The molecule has 1 aromatic rings. The predicted molar refractivity (Wildman–Crippen MR) is 57.8 cm³/mol. The molecule has 1 aromatic heterocycles. The number of hydrogen-bond donors (Lipinski definition) is 2. The highest BCUT2D eigenvalue weighted by Crippen LogP contribution is 2.07. The van der Waals surface area contributed by atoms with Gasteiger partial charge in [0.25, 0.3) is 0 Å². The van der Waals surface area contributed by atoms with E-state index in [-0.39, 0.29) is 22.1 Å². The summed E-state index contributed by atoms with van der Waals surface area (Å²) in [6.07, 6.45) is 1.73. The fourth-order valence-electron chi connectivity index (χ4n) is 0.635. The Morgan fingerprint density at radius 2 is 2.33 bits per heavy atom. The van der Waals surface area contributed by atoms with Crippen molar-refractivity contribution < 1.29 is 0 Å². The van der Waals surface area contributed by atoms with Crippen LogP contribution in [0.5, 0.6) is 0 Å². The van der Waals surface area contributed by atoms with Gasteiger partial charge in [0.2, 0.25) is 0 Å². The third-order valence-electron chi connectivity index (χ3n) is 1.10. The SMILES string of the molecule is Br.N=C(N)SCc1ccccn1. The molecule has 0 bridgehead atoms. The van der Waals surface area contributed by atoms with E-state index < -0.39 is 0 Å².